The Hall–Kier alpha value is -2.47. The molecule has 0 aliphatic carbocycles. The largest absolute Gasteiger partial charge is 0.338 e. The first-order chi connectivity index (χ1) is 11.5. The molecule has 0 bridgehead atoms. The van der Waals surface area contributed by atoms with Crippen LogP contribution in [0.5, 0.6) is 0 Å². The highest BCUT2D eigenvalue weighted by Gasteiger charge is 2.21. The minimum atomic E-state index is -0.475. The van der Waals surface area contributed by atoms with E-state index in [1.165, 1.54) is 12.1 Å². The van der Waals surface area contributed by atoms with Gasteiger partial charge in [-0.3, -0.25) is 4.79 Å². The number of carbonyl (C=O) groups is 1. The van der Waals surface area contributed by atoms with E-state index in [0.29, 0.717) is 11.4 Å². The maximum Gasteiger partial charge on any atom is 0.252 e. The van der Waals surface area contributed by atoms with Crippen molar-refractivity contribution in [3.63, 3.8) is 0 Å². The first-order valence-electron chi connectivity index (χ1n) is 7.34. The van der Waals surface area contributed by atoms with Crippen molar-refractivity contribution in [3.05, 3.63) is 88.2 Å². The average Bonchev–Trinajstić information content (AvgIpc) is 2.99. The summed E-state index contributed by atoms with van der Waals surface area (Å²) in [7, 11) is 1.85. The van der Waals surface area contributed by atoms with Crippen LogP contribution in [0.3, 0.4) is 0 Å². The lowest BCUT2D eigenvalue weighted by Gasteiger charge is -2.19. The van der Waals surface area contributed by atoms with Gasteiger partial charge in [-0.05, 0) is 35.9 Å². The van der Waals surface area contributed by atoms with Crippen LogP contribution < -0.4 is 5.32 Å². The second kappa shape index (κ2) is 6.97. The Bertz CT molecular complexity index is 861. The summed E-state index contributed by atoms with van der Waals surface area (Å²) in [5.74, 6) is 0.120. The fraction of sp³-hybridized carbons (Fsp3) is 0.111. The molecule has 1 aromatic heterocycles. The number of carbonyl (C=O) groups excluding carboxylic acids is 1. The molecule has 1 heterocycles. The normalized spacial score (nSPS) is 12.0. The molecule has 24 heavy (non-hydrogen) atoms. The lowest BCUT2D eigenvalue weighted by atomic mass is 10.1. The molecule has 0 saturated heterocycles. The molecular weight excluding hydrogens is 373 g/mol. The van der Waals surface area contributed by atoms with Crippen molar-refractivity contribution in [3.8, 4) is 0 Å². The van der Waals surface area contributed by atoms with E-state index in [-0.39, 0.29) is 11.7 Å². The van der Waals surface area contributed by atoms with Crippen molar-refractivity contribution in [1.29, 1.82) is 0 Å². The van der Waals surface area contributed by atoms with E-state index in [9.17, 15) is 9.18 Å². The molecule has 0 fully saturated rings. The van der Waals surface area contributed by atoms with Crippen LogP contribution in [0.1, 0.15) is 27.8 Å². The van der Waals surface area contributed by atoms with Crippen LogP contribution >= 0.6 is 15.9 Å². The fourth-order valence-electron chi connectivity index (χ4n) is 2.45. The molecule has 0 aliphatic heterocycles. The highest BCUT2D eigenvalue weighted by atomic mass is 79.9. The lowest BCUT2D eigenvalue weighted by molar-refractivity contribution is 0.0941. The standard InChI is InChI=1S/C18H15BrFN3O/c1-23-10-9-21-17(23)16(12-5-7-15(20)8-6-12)22-18(24)13-3-2-4-14(19)11-13/h2-11,16H,1H3,(H,22,24). The Labute approximate surface area is 147 Å². The topological polar surface area (TPSA) is 46.9 Å². The lowest BCUT2D eigenvalue weighted by Crippen LogP contribution is -2.31. The number of nitrogens with zero attached hydrogens (tertiary/aromatic N) is 2. The van der Waals surface area contributed by atoms with Gasteiger partial charge in [-0.15, -0.1) is 0 Å². The molecule has 1 N–H and O–H groups in total. The van der Waals surface area contributed by atoms with Gasteiger partial charge in [0.15, 0.2) is 0 Å². The van der Waals surface area contributed by atoms with Gasteiger partial charge in [0.2, 0.25) is 0 Å². The Balaban J connectivity index is 1.95. The molecule has 2 aromatic carbocycles. The predicted molar refractivity (Wildman–Crippen MR) is 93.1 cm³/mol. The van der Waals surface area contributed by atoms with Crippen LogP contribution in [-0.4, -0.2) is 15.5 Å². The number of aryl methyl sites for hydroxylation is 1. The van der Waals surface area contributed by atoms with Crippen molar-refractivity contribution in [2.24, 2.45) is 7.05 Å². The molecule has 122 valence electrons. The number of aromatic nitrogens is 2. The minimum absolute atomic E-state index is 0.228. The van der Waals surface area contributed by atoms with Crippen molar-refractivity contribution in [2.75, 3.05) is 0 Å². The van der Waals surface area contributed by atoms with Crippen molar-refractivity contribution >= 4 is 21.8 Å². The summed E-state index contributed by atoms with van der Waals surface area (Å²) in [5.41, 5.74) is 1.29. The molecule has 1 amide bonds. The van der Waals surface area contributed by atoms with E-state index >= 15 is 0 Å². The van der Waals surface area contributed by atoms with Crippen LogP contribution in [0.15, 0.2) is 65.4 Å². The van der Waals surface area contributed by atoms with Crippen LogP contribution in [0, 0.1) is 5.82 Å². The van der Waals surface area contributed by atoms with Gasteiger partial charge in [0.05, 0.1) is 0 Å². The molecule has 1 unspecified atom stereocenters. The molecule has 0 spiro atoms. The second-order valence-corrected chi connectivity index (χ2v) is 6.28. The molecule has 3 aromatic rings. The number of amides is 1. The summed E-state index contributed by atoms with van der Waals surface area (Å²) >= 11 is 3.36. The zero-order valence-electron chi connectivity index (χ0n) is 12.9. The van der Waals surface area contributed by atoms with Crippen LogP contribution in [0.25, 0.3) is 0 Å². The third-order valence-corrected chi connectivity index (χ3v) is 4.18. The Morgan fingerprint density at radius 3 is 2.62 bits per heavy atom. The van der Waals surface area contributed by atoms with Crippen LogP contribution in [0.4, 0.5) is 4.39 Å². The quantitative estimate of drug-likeness (QED) is 0.738. The molecule has 0 saturated carbocycles. The van der Waals surface area contributed by atoms with Gasteiger partial charge in [-0.1, -0.05) is 34.1 Å². The Morgan fingerprint density at radius 1 is 1.25 bits per heavy atom. The molecule has 4 nitrogen and oxygen atoms in total. The Kier molecular flexibility index (Phi) is 4.76. The highest BCUT2D eigenvalue weighted by molar-refractivity contribution is 9.10. The zero-order chi connectivity index (χ0) is 17.1. The minimum Gasteiger partial charge on any atom is -0.338 e. The van der Waals surface area contributed by atoms with Crippen LogP contribution in [-0.2, 0) is 7.05 Å². The van der Waals surface area contributed by atoms with E-state index in [0.717, 1.165) is 10.0 Å². The first-order valence-corrected chi connectivity index (χ1v) is 8.13. The number of benzene rings is 2. The second-order valence-electron chi connectivity index (χ2n) is 5.36. The van der Waals surface area contributed by atoms with E-state index in [1.54, 1.807) is 42.7 Å². The van der Waals surface area contributed by atoms with Crippen LogP contribution in [0.2, 0.25) is 0 Å². The number of rotatable bonds is 4. The Morgan fingerprint density at radius 2 is 2.00 bits per heavy atom. The molecular formula is C18H15BrFN3O. The van der Waals surface area contributed by atoms with E-state index < -0.39 is 6.04 Å². The van der Waals surface area contributed by atoms with Crippen molar-refractivity contribution in [1.82, 2.24) is 14.9 Å². The summed E-state index contributed by atoms with van der Waals surface area (Å²) in [5, 5.41) is 2.97. The predicted octanol–water partition coefficient (Wildman–Crippen LogP) is 3.84. The molecule has 0 aliphatic rings. The smallest absolute Gasteiger partial charge is 0.252 e. The molecule has 0 radical (unpaired) electrons. The van der Waals surface area contributed by atoms with Gasteiger partial charge in [-0.2, -0.15) is 0 Å². The maximum atomic E-state index is 13.2. The maximum absolute atomic E-state index is 13.2. The third kappa shape index (κ3) is 3.54. The summed E-state index contributed by atoms with van der Waals surface area (Å²) < 4.78 is 15.9. The number of nitrogens with one attached hydrogen (secondary N) is 1. The van der Waals surface area contributed by atoms with Gasteiger partial charge in [-0.25, -0.2) is 9.37 Å². The van der Waals surface area contributed by atoms with Crippen molar-refractivity contribution in [2.45, 2.75) is 6.04 Å². The monoisotopic (exact) mass is 387 g/mol. The number of hydrogen-bond donors (Lipinski definition) is 1. The number of hydrogen-bond acceptors (Lipinski definition) is 2. The first kappa shape index (κ1) is 16.4. The van der Waals surface area contributed by atoms with Crippen molar-refractivity contribution < 1.29 is 9.18 Å². The third-order valence-electron chi connectivity index (χ3n) is 3.68. The van der Waals surface area contributed by atoms with E-state index in [2.05, 4.69) is 26.2 Å². The SMILES string of the molecule is Cn1ccnc1C(NC(=O)c1cccc(Br)c1)c1ccc(F)cc1. The summed E-state index contributed by atoms with van der Waals surface area (Å²) in [6.45, 7) is 0. The zero-order valence-corrected chi connectivity index (χ0v) is 14.5. The number of halogens is 2. The summed E-state index contributed by atoms with van der Waals surface area (Å²) in [6.07, 6.45) is 3.47. The number of imidazole rings is 1. The van der Waals surface area contributed by atoms with Gasteiger partial charge < -0.3 is 9.88 Å². The molecule has 1 atom stereocenters. The fourth-order valence-corrected chi connectivity index (χ4v) is 2.85. The molecule has 3 rings (SSSR count). The highest BCUT2D eigenvalue weighted by Crippen LogP contribution is 2.22. The van der Waals surface area contributed by atoms with E-state index in [1.807, 2.05) is 17.7 Å². The van der Waals surface area contributed by atoms with E-state index in [4.69, 9.17) is 0 Å². The van der Waals surface area contributed by atoms with Gasteiger partial charge in [0, 0.05) is 29.5 Å². The van der Waals surface area contributed by atoms with Gasteiger partial charge >= 0.3 is 0 Å². The summed E-state index contributed by atoms with van der Waals surface area (Å²) in [4.78, 5) is 16.9. The van der Waals surface area contributed by atoms with Gasteiger partial charge in [0.25, 0.3) is 5.91 Å². The molecule has 6 heteroatoms. The van der Waals surface area contributed by atoms with Gasteiger partial charge in [0.1, 0.15) is 17.7 Å². The average molecular weight is 388 g/mol. The summed E-state index contributed by atoms with van der Waals surface area (Å²) in [6, 6.07) is 12.7.